The van der Waals surface area contributed by atoms with E-state index >= 15 is 0 Å². The van der Waals surface area contributed by atoms with Gasteiger partial charge in [-0.05, 0) is 18.2 Å². The molecule has 0 aliphatic heterocycles. The van der Waals surface area contributed by atoms with Crippen LogP contribution in [0.25, 0.3) is 11.1 Å². The van der Waals surface area contributed by atoms with Crippen LogP contribution in [0.4, 0.5) is 0 Å². The average molecular weight is 244 g/mol. The molecule has 0 radical (unpaired) electrons. The Balaban J connectivity index is 2.05. The second-order valence-corrected chi connectivity index (χ2v) is 3.76. The highest BCUT2D eigenvalue weighted by Gasteiger charge is 1.99. The lowest BCUT2D eigenvalue weighted by Gasteiger charge is -1.94. The highest BCUT2D eigenvalue weighted by Crippen LogP contribution is 2.11. The summed E-state index contributed by atoms with van der Waals surface area (Å²) in [6.07, 6.45) is 0.578. The number of aromatic amines is 1. The second kappa shape index (κ2) is 5.23. The summed E-state index contributed by atoms with van der Waals surface area (Å²) in [6.45, 7) is 2.00. The molecule has 2 aromatic rings. The minimum Gasteiger partial charge on any atom is -0.408 e. The number of oxazole rings is 1. The number of carbonyl (C=O) groups is 1. The maximum Gasteiger partial charge on any atom is 0.417 e. The average Bonchev–Trinajstić information content (AvgIpc) is 2.67. The van der Waals surface area contributed by atoms with Crippen LogP contribution >= 0.6 is 0 Å². The number of hydrogen-bond acceptors (Lipinski definition) is 3. The van der Waals surface area contributed by atoms with Gasteiger partial charge in [0.05, 0.1) is 5.52 Å². The predicted octanol–water partition coefficient (Wildman–Crippen LogP) is 0.999. The maximum absolute atomic E-state index is 11.0. The molecule has 0 saturated heterocycles. The molecule has 2 N–H and O–H groups in total. The van der Waals surface area contributed by atoms with Gasteiger partial charge < -0.3 is 9.73 Å². The first-order valence-electron chi connectivity index (χ1n) is 5.51. The normalized spacial score (nSPS) is 9.83. The smallest absolute Gasteiger partial charge is 0.408 e. The van der Waals surface area contributed by atoms with Crippen molar-refractivity contribution in [1.82, 2.24) is 10.3 Å². The topological polar surface area (TPSA) is 75.1 Å². The predicted molar refractivity (Wildman–Crippen MR) is 67.0 cm³/mol. The van der Waals surface area contributed by atoms with Crippen LogP contribution in [0.3, 0.4) is 0 Å². The lowest BCUT2D eigenvalue weighted by Crippen LogP contribution is -2.20. The third-order valence-electron chi connectivity index (χ3n) is 2.28. The first-order chi connectivity index (χ1) is 8.65. The van der Waals surface area contributed by atoms with E-state index in [1.54, 1.807) is 18.2 Å². The lowest BCUT2D eigenvalue weighted by molar-refractivity contribution is -0.118. The minimum atomic E-state index is -0.472. The van der Waals surface area contributed by atoms with E-state index in [-0.39, 0.29) is 5.91 Å². The van der Waals surface area contributed by atoms with Crippen LogP contribution in [0.2, 0.25) is 0 Å². The van der Waals surface area contributed by atoms with Crippen LogP contribution in [0.1, 0.15) is 18.9 Å². The molecule has 18 heavy (non-hydrogen) atoms. The molecule has 0 atom stereocenters. The van der Waals surface area contributed by atoms with Crippen molar-refractivity contribution in [1.29, 1.82) is 0 Å². The maximum atomic E-state index is 11.0. The molecule has 1 aromatic carbocycles. The first kappa shape index (κ1) is 12.0. The lowest BCUT2D eigenvalue weighted by atomic mass is 10.2. The fourth-order valence-corrected chi connectivity index (χ4v) is 1.49. The van der Waals surface area contributed by atoms with E-state index in [9.17, 15) is 9.59 Å². The molecule has 0 saturated carbocycles. The summed E-state index contributed by atoms with van der Waals surface area (Å²) in [5, 5.41) is 2.66. The van der Waals surface area contributed by atoms with Gasteiger partial charge in [-0.15, -0.1) is 0 Å². The van der Waals surface area contributed by atoms with Gasteiger partial charge in [-0.2, -0.15) is 0 Å². The Hall–Kier alpha value is -2.48. The quantitative estimate of drug-likeness (QED) is 0.611. The van der Waals surface area contributed by atoms with Gasteiger partial charge in [0, 0.05) is 25.5 Å². The number of benzene rings is 1. The Kier molecular flexibility index (Phi) is 3.49. The Bertz CT molecular complexity index is 685. The Morgan fingerprint density at radius 3 is 3.11 bits per heavy atom. The molecule has 2 rings (SSSR count). The molecule has 0 fully saturated rings. The molecule has 0 unspecified atom stereocenters. The number of H-pyrrole nitrogens is 1. The Labute approximate surface area is 103 Å². The van der Waals surface area contributed by atoms with Crippen LogP contribution < -0.4 is 11.1 Å². The standard InChI is InChI=1S/C13H12N2O3/c1-9(16)14-7-3-2-4-10-5-6-11-12(8-10)18-13(17)15-11/h5-6,8H,3,7H2,1H3,(H,14,16)(H,15,17). The molecule has 0 spiro atoms. The highest BCUT2D eigenvalue weighted by molar-refractivity contribution is 5.74. The molecule has 0 aliphatic rings. The van der Waals surface area contributed by atoms with Gasteiger partial charge in [-0.25, -0.2) is 4.79 Å². The number of carbonyl (C=O) groups excluding carboxylic acids is 1. The molecule has 1 amide bonds. The number of rotatable bonds is 2. The van der Waals surface area contributed by atoms with Crippen molar-refractivity contribution in [2.24, 2.45) is 0 Å². The van der Waals surface area contributed by atoms with Crippen molar-refractivity contribution in [3.63, 3.8) is 0 Å². The van der Waals surface area contributed by atoms with Gasteiger partial charge in [0.1, 0.15) is 0 Å². The monoisotopic (exact) mass is 244 g/mol. The number of aromatic nitrogens is 1. The van der Waals surface area contributed by atoms with Gasteiger partial charge in [0.15, 0.2) is 5.58 Å². The zero-order valence-electron chi connectivity index (χ0n) is 9.87. The van der Waals surface area contributed by atoms with Crippen molar-refractivity contribution in [3.05, 3.63) is 34.3 Å². The summed E-state index contributed by atoms with van der Waals surface area (Å²) in [5.41, 5.74) is 1.92. The third kappa shape index (κ3) is 3.01. The van der Waals surface area contributed by atoms with Crippen LogP contribution in [0, 0.1) is 11.8 Å². The molecule has 92 valence electrons. The van der Waals surface area contributed by atoms with Crippen molar-refractivity contribution in [2.75, 3.05) is 6.54 Å². The number of amides is 1. The van der Waals surface area contributed by atoms with E-state index in [2.05, 4.69) is 22.1 Å². The Morgan fingerprint density at radius 1 is 1.50 bits per heavy atom. The van der Waals surface area contributed by atoms with Crippen LogP contribution in [0.5, 0.6) is 0 Å². The number of nitrogens with one attached hydrogen (secondary N) is 2. The fraction of sp³-hybridized carbons (Fsp3) is 0.231. The van der Waals surface area contributed by atoms with E-state index in [0.717, 1.165) is 5.56 Å². The molecule has 5 heteroatoms. The van der Waals surface area contributed by atoms with E-state index in [0.29, 0.717) is 24.1 Å². The van der Waals surface area contributed by atoms with Gasteiger partial charge in [0.2, 0.25) is 5.91 Å². The zero-order chi connectivity index (χ0) is 13.0. The molecule has 1 aromatic heterocycles. The number of hydrogen-bond donors (Lipinski definition) is 2. The summed E-state index contributed by atoms with van der Waals surface area (Å²) in [5.74, 6) is 5.34. The van der Waals surface area contributed by atoms with Crippen molar-refractivity contribution in [3.8, 4) is 11.8 Å². The van der Waals surface area contributed by atoms with Gasteiger partial charge >= 0.3 is 5.76 Å². The highest BCUT2D eigenvalue weighted by atomic mass is 16.4. The van der Waals surface area contributed by atoms with E-state index in [1.165, 1.54) is 6.92 Å². The van der Waals surface area contributed by atoms with E-state index < -0.39 is 5.76 Å². The van der Waals surface area contributed by atoms with E-state index in [1.807, 2.05) is 0 Å². The van der Waals surface area contributed by atoms with Gasteiger partial charge in [-0.1, -0.05) is 11.8 Å². The fourth-order valence-electron chi connectivity index (χ4n) is 1.49. The molecule has 0 aliphatic carbocycles. The third-order valence-corrected chi connectivity index (χ3v) is 2.28. The zero-order valence-corrected chi connectivity index (χ0v) is 9.87. The summed E-state index contributed by atoms with van der Waals surface area (Å²) in [4.78, 5) is 24.1. The van der Waals surface area contributed by atoms with Crippen LogP contribution in [-0.2, 0) is 4.79 Å². The summed E-state index contributed by atoms with van der Waals surface area (Å²) >= 11 is 0. The summed E-state index contributed by atoms with van der Waals surface area (Å²) in [6, 6.07) is 5.26. The van der Waals surface area contributed by atoms with Crippen molar-refractivity contribution in [2.45, 2.75) is 13.3 Å². The second-order valence-electron chi connectivity index (χ2n) is 3.76. The largest absolute Gasteiger partial charge is 0.417 e. The number of fused-ring (bicyclic) bond motifs is 1. The molecular weight excluding hydrogens is 232 g/mol. The Morgan fingerprint density at radius 2 is 2.33 bits per heavy atom. The minimum absolute atomic E-state index is 0.0627. The summed E-state index contributed by atoms with van der Waals surface area (Å²) < 4.78 is 4.93. The van der Waals surface area contributed by atoms with Gasteiger partial charge in [0.25, 0.3) is 0 Å². The van der Waals surface area contributed by atoms with Crippen molar-refractivity contribution < 1.29 is 9.21 Å². The molecule has 5 nitrogen and oxygen atoms in total. The van der Waals surface area contributed by atoms with Crippen molar-refractivity contribution >= 4 is 17.0 Å². The SMILES string of the molecule is CC(=O)NCCC#Cc1ccc2[nH]c(=O)oc2c1. The molecule has 1 heterocycles. The van der Waals surface area contributed by atoms with Crippen LogP contribution in [0.15, 0.2) is 27.4 Å². The van der Waals surface area contributed by atoms with E-state index in [4.69, 9.17) is 4.42 Å². The summed E-state index contributed by atoms with van der Waals surface area (Å²) in [7, 11) is 0. The molecular formula is C13H12N2O3. The first-order valence-corrected chi connectivity index (χ1v) is 5.51. The van der Waals surface area contributed by atoms with Crippen LogP contribution in [-0.4, -0.2) is 17.4 Å². The van der Waals surface area contributed by atoms with Gasteiger partial charge in [-0.3, -0.25) is 9.78 Å². The molecule has 0 bridgehead atoms.